The molecule has 1 amide bonds. The number of hydrazine groups is 1. The monoisotopic (exact) mass is 192 g/mol. The highest BCUT2D eigenvalue weighted by atomic mass is 16.2. The Morgan fingerprint density at radius 2 is 2.21 bits per heavy atom. The van der Waals surface area contributed by atoms with Crippen LogP contribution in [0.15, 0.2) is 24.3 Å². The molecule has 1 aromatic carbocycles. The van der Waals surface area contributed by atoms with Crippen LogP contribution in [-0.2, 0) is 11.2 Å². The molecule has 76 valence electrons. The van der Waals surface area contributed by atoms with Gasteiger partial charge >= 0.3 is 0 Å². The zero-order valence-corrected chi connectivity index (χ0v) is 8.63. The second kappa shape index (κ2) is 5.40. The van der Waals surface area contributed by atoms with Gasteiger partial charge in [0.25, 0.3) is 0 Å². The Morgan fingerprint density at radius 1 is 1.43 bits per heavy atom. The predicted molar refractivity (Wildman–Crippen MR) is 56.7 cm³/mol. The van der Waals surface area contributed by atoms with E-state index < -0.39 is 0 Å². The van der Waals surface area contributed by atoms with Crippen molar-refractivity contribution >= 4 is 5.91 Å². The molecule has 0 aliphatic carbocycles. The van der Waals surface area contributed by atoms with Gasteiger partial charge in [-0.1, -0.05) is 29.8 Å². The molecule has 0 bridgehead atoms. The van der Waals surface area contributed by atoms with E-state index in [4.69, 9.17) is 0 Å². The minimum Gasteiger partial charge on any atom is -0.292 e. The summed E-state index contributed by atoms with van der Waals surface area (Å²) in [7, 11) is 1.69. The van der Waals surface area contributed by atoms with Gasteiger partial charge in [0.2, 0.25) is 5.91 Å². The molecule has 2 N–H and O–H groups in total. The molecule has 0 unspecified atom stereocenters. The molecule has 0 radical (unpaired) electrons. The van der Waals surface area contributed by atoms with Crippen molar-refractivity contribution in [3.05, 3.63) is 35.4 Å². The summed E-state index contributed by atoms with van der Waals surface area (Å²) in [5.41, 5.74) is 7.59. The van der Waals surface area contributed by atoms with Crippen molar-refractivity contribution in [2.45, 2.75) is 19.8 Å². The summed E-state index contributed by atoms with van der Waals surface area (Å²) in [6.45, 7) is 2.05. The van der Waals surface area contributed by atoms with Gasteiger partial charge < -0.3 is 0 Å². The molecule has 0 atom stereocenters. The highest BCUT2D eigenvalue weighted by Crippen LogP contribution is 2.06. The second-order valence-electron chi connectivity index (χ2n) is 3.29. The molecule has 1 rings (SSSR count). The Balaban J connectivity index is 2.41. The van der Waals surface area contributed by atoms with Crippen molar-refractivity contribution in [3.63, 3.8) is 0 Å². The summed E-state index contributed by atoms with van der Waals surface area (Å²) in [6, 6.07) is 8.21. The van der Waals surface area contributed by atoms with Crippen LogP contribution in [0.25, 0.3) is 0 Å². The molecule has 0 heterocycles. The van der Waals surface area contributed by atoms with Gasteiger partial charge in [-0.3, -0.25) is 10.2 Å². The van der Waals surface area contributed by atoms with E-state index in [0.29, 0.717) is 6.42 Å². The predicted octanol–water partition coefficient (Wildman–Crippen LogP) is 1.18. The van der Waals surface area contributed by atoms with Crippen molar-refractivity contribution in [3.8, 4) is 0 Å². The van der Waals surface area contributed by atoms with Crippen LogP contribution < -0.4 is 10.9 Å². The van der Waals surface area contributed by atoms with Gasteiger partial charge in [0.15, 0.2) is 0 Å². The maximum absolute atomic E-state index is 11.1. The molecule has 0 saturated carbocycles. The molecule has 0 fully saturated rings. The van der Waals surface area contributed by atoms with Gasteiger partial charge in [0.05, 0.1) is 0 Å². The first kappa shape index (κ1) is 10.7. The molecule has 3 nitrogen and oxygen atoms in total. The number of hydrogen-bond donors (Lipinski definition) is 2. The van der Waals surface area contributed by atoms with Crippen LogP contribution in [-0.4, -0.2) is 13.0 Å². The number of hydrogen-bond acceptors (Lipinski definition) is 2. The quantitative estimate of drug-likeness (QED) is 0.703. The lowest BCUT2D eigenvalue weighted by molar-refractivity contribution is -0.121. The molecule has 0 saturated heterocycles. The van der Waals surface area contributed by atoms with Crippen LogP contribution in [0, 0.1) is 6.92 Å². The Bertz CT molecular complexity index is 310. The van der Waals surface area contributed by atoms with E-state index in [1.54, 1.807) is 7.05 Å². The van der Waals surface area contributed by atoms with Crippen molar-refractivity contribution in [1.82, 2.24) is 10.9 Å². The van der Waals surface area contributed by atoms with Crippen molar-refractivity contribution in [2.24, 2.45) is 0 Å². The van der Waals surface area contributed by atoms with E-state index in [2.05, 4.69) is 29.9 Å². The van der Waals surface area contributed by atoms with Gasteiger partial charge in [-0.2, -0.15) is 0 Å². The normalized spacial score (nSPS) is 9.86. The van der Waals surface area contributed by atoms with Crippen LogP contribution in [0.4, 0.5) is 0 Å². The SMILES string of the molecule is CNNC(=O)CCc1cccc(C)c1. The van der Waals surface area contributed by atoms with Gasteiger partial charge in [-0.25, -0.2) is 5.43 Å². The molecule has 0 aliphatic rings. The molecule has 0 spiro atoms. The zero-order valence-electron chi connectivity index (χ0n) is 8.63. The fraction of sp³-hybridized carbons (Fsp3) is 0.364. The lowest BCUT2D eigenvalue weighted by Crippen LogP contribution is -2.34. The Labute approximate surface area is 84.5 Å². The van der Waals surface area contributed by atoms with E-state index in [1.165, 1.54) is 11.1 Å². The van der Waals surface area contributed by atoms with Crippen LogP contribution >= 0.6 is 0 Å². The summed E-state index contributed by atoms with van der Waals surface area (Å²) < 4.78 is 0. The van der Waals surface area contributed by atoms with Gasteiger partial charge in [0.1, 0.15) is 0 Å². The smallest absolute Gasteiger partial charge is 0.234 e. The van der Waals surface area contributed by atoms with Crippen molar-refractivity contribution in [1.29, 1.82) is 0 Å². The first-order valence-corrected chi connectivity index (χ1v) is 4.73. The topological polar surface area (TPSA) is 41.1 Å². The minimum absolute atomic E-state index is 0.0222. The molecular formula is C11H16N2O. The highest BCUT2D eigenvalue weighted by Gasteiger charge is 2.00. The Morgan fingerprint density at radius 3 is 2.86 bits per heavy atom. The summed E-state index contributed by atoms with van der Waals surface area (Å²) in [5, 5.41) is 0. The van der Waals surface area contributed by atoms with E-state index in [1.807, 2.05) is 12.1 Å². The number of aryl methyl sites for hydroxylation is 2. The molecule has 3 heteroatoms. The molecular weight excluding hydrogens is 176 g/mol. The van der Waals surface area contributed by atoms with Crippen molar-refractivity contribution in [2.75, 3.05) is 7.05 Å². The molecule has 1 aromatic rings. The van der Waals surface area contributed by atoms with Crippen LogP contribution in [0.1, 0.15) is 17.5 Å². The Kier molecular flexibility index (Phi) is 4.13. The highest BCUT2D eigenvalue weighted by molar-refractivity contribution is 5.75. The van der Waals surface area contributed by atoms with Crippen molar-refractivity contribution < 1.29 is 4.79 Å². The molecule has 14 heavy (non-hydrogen) atoms. The fourth-order valence-corrected chi connectivity index (χ4v) is 1.33. The summed E-state index contributed by atoms with van der Waals surface area (Å²) in [4.78, 5) is 11.1. The second-order valence-corrected chi connectivity index (χ2v) is 3.29. The summed E-state index contributed by atoms with van der Waals surface area (Å²) in [5.74, 6) is 0.0222. The van der Waals surface area contributed by atoms with Crippen LogP contribution in [0.5, 0.6) is 0 Å². The third-order valence-corrected chi connectivity index (χ3v) is 1.99. The lowest BCUT2D eigenvalue weighted by Gasteiger charge is -2.03. The third-order valence-electron chi connectivity index (χ3n) is 1.99. The van der Waals surface area contributed by atoms with E-state index >= 15 is 0 Å². The first-order valence-electron chi connectivity index (χ1n) is 4.73. The number of benzene rings is 1. The van der Waals surface area contributed by atoms with E-state index in [0.717, 1.165) is 6.42 Å². The lowest BCUT2D eigenvalue weighted by atomic mass is 10.1. The number of rotatable bonds is 4. The van der Waals surface area contributed by atoms with Crippen LogP contribution in [0.2, 0.25) is 0 Å². The standard InChI is InChI=1S/C11H16N2O/c1-9-4-3-5-10(8-9)6-7-11(14)13-12-2/h3-5,8,12H,6-7H2,1-2H3,(H,13,14). The number of carbonyl (C=O) groups excluding carboxylic acids is 1. The number of amides is 1. The molecule has 0 aromatic heterocycles. The Hall–Kier alpha value is -1.35. The number of carbonyl (C=O) groups is 1. The summed E-state index contributed by atoms with van der Waals surface area (Å²) in [6.07, 6.45) is 1.31. The fourth-order valence-electron chi connectivity index (χ4n) is 1.33. The minimum atomic E-state index is 0.0222. The average Bonchev–Trinajstić information content (AvgIpc) is 2.15. The maximum atomic E-state index is 11.1. The summed E-state index contributed by atoms with van der Waals surface area (Å²) >= 11 is 0. The van der Waals surface area contributed by atoms with Gasteiger partial charge in [-0.15, -0.1) is 0 Å². The largest absolute Gasteiger partial charge is 0.292 e. The zero-order chi connectivity index (χ0) is 10.4. The average molecular weight is 192 g/mol. The van der Waals surface area contributed by atoms with Gasteiger partial charge in [0, 0.05) is 13.5 Å². The third kappa shape index (κ3) is 3.58. The molecule has 0 aliphatic heterocycles. The number of nitrogens with one attached hydrogen (secondary N) is 2. The first-order chi connectivity index (χ1) is 6.72. The van der Waals surface area contributed by atoms with E-state index in [-0.39, 0.29) is 5.91 Å². The van der Waals surface area contributed by atoms with Gasteiger partial charge in [-0.05, 0) is 18.9 Å². The maximum Gasteiger partial charge on any atom is 0.234 e. The van der Waals surface area contributed by atoms with Crippen LogP contribution in [0.3, 0.4) is 0 Å². The van der Waals surface area contributed by atoms with E-state index in [9.17, 15) is 4.79 Å².